The lowest BCUT2D eigenvalue weighted by atomic mass is 10.2. The molecule has 0 unspecified atom stereocenters. The predicted molar refractivity (Wildman–Crippen MR) is 108 cm³/mol. The third-order valence-electron chi connectivity index (χ3n) is 4.70. The van der Waals surface area contributed by atoms with Crippen molar-refractivity contribution in [3.63, 3.8) is 0 Å². The molecule has 2 aromatic rings. The highest BCUT2D eigenvalue weighted by molar-refractivity contribution is 7.89. The molecule has 0 aliphatic carbocycles. The van der Waals surface area contributed by atoms with Crippen molar-refractivity contribution >= 4 is 39.1 Å². The average Bonchev–Trinajstić information content (AvgIpc) is 3.06. The summed E-state index contributed by atoms with van der Waals surface area (Å²) in [4.78, 5) is 14.3. The lowest BCUT2D eigenvalue weighted by Gasteiger charge is -2.26. The Kier molecular flexibility index (Phi) is 6.34. The molecule has 28 heavy (non-hydrogen) atoms. The summed E-state index contributed by atoms with van der Waals surface area (Å²) in [6.45, 7) is 1.17. The number of piperidine rings is 1. The highest BCUT2D eigenvalue weighted by Crippen LogP contribution is 2.32. The van der Waals surface area contributed by atoms with Gasteiger partial charge < -0.3 is 4.90 Å². The number of sulfonamides is 1. The van der Waals surface area contributed by atoms with Crippen LogP contribution in [0, 0.1) is 0 Å². The van der Waals surface area contributed by atoms with Crippen molar-refractivity contribution < 1.29 is 13.2 Å². The first-order valence-corrected chi connectivity index (χ1v) is 11.1. The minimum atomic E-state index is -3.79. The summed E-state index contributed by atoms with van der Waals surface area (Å²) in [5, 5.41) is 4.37. The van der Waals surface area contributed by atoms with Crippen LogP contribution in [0.4, 0.5) is 0 Å². The molecule has 0 saturated carbocycles. The van der Waals surface area contributed by atoms with E-state index in [9.17, 15) is 13.2 Å². The van der Waals surface area contributed by atoms with Crippen LogP contribution in [0.25, 0.3) is 0 Å². The van der Waals surface area contributed by atoms with Crippen molar-refractivity contribution in [2.45, 2.75) is 30.7 Å². The summed E-state index contributed by atoms with van der Waals surface area (Å²) in [7, 11) is -0.388. The number of benzene rings is 1. The van der Waals surface area contributed by atoms with Gasteiger partial charge in [0.05, 0.1) is 27.8 Å². The van der Waals surface area contributed by atoms with Gasteiger partial charge in [-0.3, -0.25) is 9.48 Å². The van der Waals surface area contributed by atoms with Gasteiger partial charge in [-0.1, -0.05) is 29.6 Å². The van der Waals surface area contributed by atoms with E-state index in [0.29, 0.717) is 18.8 Å². The van der Waals surface area contributed by atoms with Crippen molar-refractivity contribution in [1.82, 2.24) is 19.0 Å². The number of hydrogen-bond acceptors (Lipinski definition) is 4. The molecule has 1 aromatic heterocycles. The molecule has 0 bridgehead atoms. The molecular weight excluding hydrogens is 423 g/mol. The Morgan fingerprint density at radius 2 is 1.86 bits per heavy atom. The maximum absolute atomic E-state index is 13.0. The second-order valence-corrected chi connectivity index (χ2v) is 9.59. The SMILES string of the molecule is CN(Cc1ccn(C)n1)C(=O)c1cc(S(=O)(=O)N2CCCCC2)c(Cl)cc1Cl. The molecule has 0 atom stereocenters. The maximum Gasteiger partial charge on any atom is 0.255 e. The Hall–Kier alpha value is -1.61. The van der Waals surface area contributed by atoms with Gasteiger partial charge in [0.25, 0.3) is 5.91 Å². The number of carbonyl (C=O) groups excluding carboxylic acids is 1. The van der Waals surface area contributed by atoms with Crippen LogP contribution in [-0.2, 0) is 23.6 Å². The van der Waals surface area contributed by atoms with Crippen LogP contribution in [0.15, 0.2) is 29.3 Å². The largest absolute Gasteiger partial charge is 0.336 e. The lowest BCUT2D eigenvalue weighted by Crippen LogP contribution is -2.36. The molecule has 10 heteroatoms. The fourth-order valence-electron chi connectivity index (χ4n) is 3.20. The van der Waals surface area contributed by atoms with Gasteiger partial charge in [-0.15, -0.1) is 0 Å². The number of hydrogen-bond donors (Lipinski definition) is 0. The van der Waals surface area contributed by atoms with E-state index in [1.807, 2.05) is 0 Å². The summed E-state index contributed by atoms with van der Waals surface area (Å²) in [6.07, 6.45) is 4.40. The fraction of sp³-hybridized carbons (Fsp3) is 0.444. The Morgan fingerprint density at radius 3 is 2.46 bits per heavy atom. The molecule has 3 rings (SSSR count). The van der Waals surface area contributed by atoms with E-state index in [0.717, 1.165) is 19.3 Å². The molecule has 7 nitrogen and oxygen atoms in total. The second kappa shape index (κ2) is 8.41. The number of aryl methyl sites for hydroxylation is 1. The van der Waals surface area contributed by atoms with Gasteiger partial charge in [-0.2, -0.15) is 9.40 Å². The summed E-state index contributed by atoms with van der Waals surface area (Å²) < 4.78 is 29.1. The zero-order chi connectivity index (χ0) is 20.5. The number of carbonyl (C=O) groups is 1. The van der Waals surface area contributed by atoms with Crippen molar-refractivity contribution in [2.75, 3.05) is 20.1 Å². The van der Waals surface area contributed by atoms with Crippen LogP contribution in [-0.4, -0.2) is 53.4 Å². The zero-order valence-electron chi connectivity index (χ0n) is 15.7. The molecule has 1 aromatic carbocycles. The Morgan fingerprint density at radius 1 is 1.18 bits per heavy atom. The zero-order valence-corrected chi connectivity index (χ0v) is 18.1. The molecule has 0 N–H and O–H groups in total. The highest BCUT2D eigenvalue weighted by atomic mass is 35.5. The molecule has 1 aliphatic rings. The van der Waals surface area contributed by atoms with E-state index >= 15 is 0 Å². The van der Waals surface area contributed by atoms with Crippen LogP contribution in [0.2, 0.25) is 10.0 Å². The van der Waals surface area contributed by atoms with Gasteiger partial charge in [-0.05, 0) is 31.0 Å². The quantitative estimate of drug-likeness (QED) is 0.709. The van der Waals surface area contributed by atoms with E-state index in [-0.39, 0.29) is 27.0 Å². The first kappa shape index (κ1) is 21.1. The topological polar surface area (TPSA) is 75.5 Å². The van der Waals surface area contributed by atoms with Crippen LogP contribution in [0.1, 0.15) is 35.3 Å². The van der Waals surface area contributed by atoms with Gasteiger partial charge in [0.2, 0.25) is 10.0 Å². The van der Waals surface area contributed by atoms with Crippen LogP contribution in [0.3, 0.4) is 0 Å². The van der Waals surface area contributed by atoms with E-state index < -0.39 is 15.9 Å². The van der Waals surface area contributed by atoms with Gasteiger partial charge >= 0.3 is 0 Å². The number of aromatic nitrogens is 2. The monoisotopic (exact) mass is 444 g/mol. The predicted octanol–water partition coefficient (Wildman–Crippen LogP) is 3.17. The average molecular weight is 445 g/mol. The minimum Gasteiger partial charge on any atom is -0.336 e. The molecule has 1 fully saturated rings. The Labute approximate surface area is 174 Å². The summed E-state index contributed by atoms with van der Waals surface area (Å²) in [6, 6.07) is 4.41. The minimum absolute atomic E-state index is 0.0134. The normalized spacial score (nSPS) is 15.6. The van der Waals surface area contributed by atoms with Crippen molar-refractivity contribution in [3.8, 4) is 0 Å². The third-order valence-corrected chi connectivity index (χ3v) is 7.38. The van der Waals surface area contributed by atoms with Crippen LogP contribution >= 0.6 is 23.2 Å². The van der Waals surface area contributed by atoms with E-state index in [2.05, 4.69) is 5.10 Å². The van der Waals surface area contributed by atoms with Gasteiger partial charge in [0.1, 0.15) is 4.90 Å². The van der Waals surface area contributed by atoms with Crippen molar-refractivity contribution in [3.05, 3.63) is 45.7 Å². The summed E-state index contributed by atoms with van der Waals surface area (Å²) >= 11 is 12.4. The van der Waals surface area contributed by atoms with Crippen LogP contribution < -0.4 is 0 Å². The molecule has 1 amide bonds. The van der Waals surface area contributed by atoms with Crippen molar-refractivity contribution in [1.29, 1.82) is 0 Å². The van der Waals surface area contributed by atoms with Gasteiger partial charge in [0, 0.05) is 33.4 Å². The smallest absolute Gasteiger partial charge is 0.255 e. The van der Waals surface area contributed by atoms with Crippen LogP contribution in [0.5, 0.6) is 0 Å². The number of nitrogens with zero attached hydrogens (tertiary/aromatic N) is 4. The number of rotatable bonds is 5. The Bertz CT molecular complexity index is 985. The Balaban J connectivity index is 1.91. The molecular formula is C18H22Cl2N4O3S. The molecule has 1 saturated heterocycles. The van der Waals surface area contributed by atoms with Gasteiger partial charge in [0.15, 0.2) is 0 Å². The number of halogens is 2. The molecule has 2 heterocycles. The maximum atomic E-state index is 13.0. The lowest BCUT2D eigenvalue weighted by molar-refractivity contribution is 0.0783. The summed E-state index contributed by atoms with van der Waals surface area (Å²) in [5.74, 6) is -0.401. The molecule has 0 spiro atoms. The molecule has 1 aliphatic heterocycles. The van der Waals surface area contributed by atoms with E-state index in [4.69, 9.17) is 23.2 Å². The van der Waals surface area contributed by atoms with Crippen molar-refractivity contribution in [2.24, 2.45) is 7.05 Å². The molecule has 152 valence electrons. The first-order valence-electron chi connectivity index (χ1n) is 8.93. The fourth-order valence-corrected chi connectivity index (χ4v) is 5.55. The second-order valence-electron chi connectivity index (χ2n) is 6.87. The first-order chi connectivity index (χ1) is 13.2. The van der Waals surface area contributed by atoms with E-state index in [1.54, 1.807) is 31.0 Å². The van der Waals surface area contributed by atoms with Gasteiger partial charge in [-0.25, -0.2) is 8.42 Å². The summed E-state index contributed by atoms with van der Waals surface area (Å²) in [5.41, 5.74) is 0.810. The standard InChI is InChI=1S/C18H22Cl2N4O3S/c1-22(12-13-6-9-23(2)21-13)18(25)14-10-17(16(20)11-15(14)19)28(26,27)24-7-4-3-5-8-24/h6,9-11H,3-5,7-8,12H2,1-2H3. The highest BCUT2D eigenvalue weighted by Gasteiger charge is 2.30. The van der Waals surface area contributed by atoms with E-state index in [1.165, 1.54) is 21.3 Å². The molecule has 0 radical (unpaired) electrons. The third kappa shape index (κ3) is 4.35. The number of amides is 1.